The minimum atomic E-state index is -0.0763. The number of hydrogen-bond acceptors (Lipinski definition) is 3. The number of carbonyl (C=O) groups excluding carboxylic acids is 1. The monoisotopic (exact) mass is 333 g/mol. The standard InChI is InChI=1S/C15H16BrN3O/c1-11(12-5-4-8-17-9-12)18-10-15(20)19-14-7-3-2-6-13(14)16/h2-9,11,18H,10H2,1H3,(H,19,20)/t11-/m1/s1. The van der Waals surface area contributed by atoms with Crippen LogP contribution in [0.5, 0.6) is 0 Å². The maximum Gasteiger partial charge on any atom is 0.238 e. The third-order valence-electron chi connectivity index (χ3n) is 2.90. The topological polar surface area (TPSA) is 54.0 Å². The fraction of sp³-hybridized carbons (Fsp3) is 0.200. The maximum atomic E-state index is 11.9. The molecule has 0 saturated carbocycles. The van der Waals surface area contributed by atoms with Crippen LogP contribution in [0.4, 0.5) is 5.69 Å². The average Bonchev–Trinajstić information content (AvgIpc) is 2.48. The van der Waals surface area contributed by atoms with Crippen molar-refractivity contribution in [3.05, 3.63) is 58.8 Å². The van der Waals surface area contributed by atoms with Crippen molar-refractivity contribution in [1.29, 1.82) is 0 Å². The van der Waals surface area contributed by atoms with Crippen LogP contribution in [0.3, 0.4) is 0 Å². The molecular formula is C15H16BrN3O. The Balaban J connectivity index is 1.85. The van der Waals surface area contributed by atoms with Gasteiger partial charge in [0.2, 0.25) is 5.91 Å². The molecule has 0 saturated heterocycles. The summed E-state index contributed by atoms with van der Waals surface area (Å²) < 4.78 is 0.869. The number of pyridine rings is 1. The summed E-state index contributed by atoms with van der Waals surface area (Å²) in [5, 5.41) is 6.02. The molecule has 0 fully saturated rings. The predicted molar refractivity (Wildman–Crippen MR) is 83.4 cm³/mol. The van der Waals surface area contributed by atoms with Crippen molar-refractivity contribution in [2.45, 2.75) is 13.0 Å². The zero-order valence-corrected chi connectivity index (χ0v) is 12.7. The SMILES string of the molecule is C[C@@H](NCC(=O)Nc1ccccc1Br)c1cccnc1. The van der Waals surface area contributed by atoms with Gasteiger partial charge in [0.25, 0.3) is 0 Å². The predicted octanol–water partition coefficient (Wildman–Crippen LogP) is 3.13. The van der Waals surface area contributed by atoms with E-state index in [4.69, 9.17) is 0 Å². The van der Waals surface area contributed by atoms with E-state index in [1.807, 2.05) is 43.3 Å². The highest BCUT2D eigenvalue weighted by Crippen LogP contribution is 2.20. The molecule has 1 amide bonds. The van der Waals surface area contributed by atoms with Gasteiger partial charge in [-0.15, -0.1) is 0 Å². The number of rotatable bonds is 5. The van der Waals surface area contributed by atoms with Crippen molar-refractivity contribution in [3.63, 3.8) is 0 Å². The molecule has 0 unspecified atom stereocenters. The van der Waals surface area contributed by atoms with Crippen molar-refractivity contribution >= 4 is 27.5 Å². The van der Waals surface area contributed by atoms with E-state index < -0.39 is 0 Å². The van der Waals surface area contributed by atoms with Gasteiger partial charge in [0.05, 0.1) is 12.2 Å². The first-order valence-corrected chi connectivity index (χ1v) is 7.14. The number of carbonyl (C=O) groups is 1. The van der Waals surface area contributed by atoms with Gasteiger partial charge in [-0.05, 0) is 46.6 Å². The van der Waals surface area contributed by atoms with Gasteiger partial charge in [0, 0.05) is 22.9 Å². The van der Waals surface area contributed by atoms with E-state index in [-0.39, 0.29) is 18.5 Å². The van der Waals surface area contributed by atoms with Crippen molar-refractivity contribution < 1.29 is 4.79 Å². The van der Waals surface area contributed by atoms with Crippen LogP contribution in [0.25, 0.3) is 0 Å². The van der Waals surface area contributed by atoms with Crippen LogP contribution in [0.15, 0.2) is 53.3 Å². The Kier molecular flexibility index (Phi) is 5.26. The van der Waals surface area contributed by atoms with Gasteiger partial charge in [-0.2, -0.15) is 0 Å². The van der Waals surface area contributed by atoms with E-state index >= 15 is 0 Å². The fourth-order valence-corrected chi connectivity index (χ4v) is 2.14. The number of para-hydroxylation sites is 1. The van der Waals surface area contributed by atoms with E-state index in [0.717, 1.165) is 15.7 Å². The number of halogens is 1. The van der Waals surface area contributed by atoms with Gasteiger partial charge in [-0.3, -0.25) is 9.78 Å². The molecule has 104 valence electrons. The van der Waals surface area contributed by atoms with Crippen molar-refractivity contribution in [1.82, 2.24) is 10.3 Å². The quantitative estimate of drug-likeness (QED) is 0.883. The van der Waals surface area contributed by atoms with Gasteiger partial charge in [0.15, 0.2) is 0 Å². The lowest BCUT2D eigenvalue weighted by molar-refractivity contribution is -0.115. The Hall–Kier alpha value is -1.72. The first-order chi connectivity index (χ1) is 9.66. The fourth-order valence-electron chi connectivity index (χ4n) is 1.75. The molecule has 0 radical (unpaired) electrons. The second-order valence-electron chi connectivity index (χ2n) is 4.42. The summed E-state index contributed by atoms with van der Waals surface area (Å²) in [6.07, 6.45) is 3.53. The number of hydrogen-bond donors (Lipinski definition) is 2. The van der Waals surface area contributed by atoms with Crippen LogP contribution in [0.2, 0.25) is 0 Å². The highest BCUT2D eigenvalue weighted by molar-refractivity contribution is 9.10. The van der Waals surface area contributed by atoms with Crippen LogP contribution in [-0.2, 0) is 4.79 Å². The summed E-state index contributed by atoms with van der Waals surface area (Å²) in [5.74, 6) is -0.0763. The number of benzene rings is 1. The van der Waals surface area contributed by atoms with Gasteiger partial charge in [0.1, 0.15) is 0 Å². The largest absolute Gasteiger partial charge is 0.324 e. The first kappa shape index (κ1) is 14.7. The highest BCUT2D eigenvalue weighted by atomic mass is 79.9. The Morgan fingerprint density at radius 2 is 2.10 bits per heavy atom. The Bertz CT molecular complexity index is 574. The first-order valence-electron chi connectivity index (χ1n) is 6.34. The van der Waals surface area contributed by atoms with Gasteiger partial charge < -0.3 is 10.6 Å². The average molecular weight is 334 g/mol. The molecule has 0 aliphatic rings. The van der Waals surface area contributed by atoms with Gasteiger partial charge in [-0.1, -0.05) is 18.2 Å². The summed E-state index contributed by atoms with van der Waals surface area (Å²) in [5.41, 5.74) is 1.83. The van der Waals surface area contributed by atoms with E-state index in [1.165, 1.54) is 0 Å². The number of nitrogens with zero attached hydrogens (tertiary/aromatic N) is 1. The highest BCUT2D eigenvalue weighted by Gasteiger charge is 2.08. The molecule has 4 nitrogen and oxygen atoms in total. The van der Waals surface area contributed by atoms with E-state index in [9.17, 15) is 4.79 Å². The van der Waals surface area contributed by atoms with Crippen molar-refractivity contribution in [2.75, 3.05) is 11.9 Å². The Morgan fingerprint density at radius 1 is 1.30 bits per heavy atom. The second-order valence-corrected chi connectivity index (χ2v) is 5.27. The smallest absolute Gasteiger partial charge is 0.238 e. The molecule has 1 atom stereocenters. The van der Waals surface area contributed by atoms with Crippen LogP contribution in [0.1, 0.15) is 18.5 Å². The zero-order valence-electron chi connectivity index (χ0n) is 11.1. The molecule has 0 spiro atoms. The number of anilines is 1. The minimum Gasteiger partial charge on any atom is -0.324 e. The third kappa shape index (κ3) is 4.15. The number of nitrogens with one attached hydrogen (secondary N) is 2. The molecule has 5 heteroatoms. The van der Waals surface area contributed by atoms with Crippen molar-refractivity contribution in [2.24, 2.45) is 0 Å². The summed E-state index contributed by atoms with van der Waals surface area (Å²) in [6, 6.07) is 11.5. The molecule has 0 bridgehead atoms. The minimum absolute atomic E-state index is 0.0763. The number of aromatic nitrogens is 1. The molecular weight excluding hydrogens is 318 g/mol. The van der Waals surface area contributed by atoms with Crippen molar-refractivity contribution in [3.8, 4) is 0 Å². The summed E-state index contributed by atoms with van der Waals surface area (Å²) in [7, 11) is 0. The van der Waals surface area contributed by atoms with Gasteiger partial charge in [-0.25, -0.2) is 0 Å². The molecule has 1 aromatic carbocycles. The van der Waals surface area contributed by atoms with Crippen LogP contribution in [-0.4, -0.2) is 17.4 Å². The van der Waals surface area contributed by atoms with Crippen LogP contribution in [0, 0.1) is 0 Å². The lowest BCUT2D eigenvalue weighted by Crippen LogP contribution is -2.30. The van der Waals surface area contributed by atoms with E-state index in [2.05, 4.69) is 31.5 Å². The molecule has 2 aromatic rings. The normalized spacial score (nSPS) is 11.9. The second kappa shape index (κ2) is 7.17. The molecule has 2 rings (SSSR count). The third-order valence-corrected chi connectivity index (χ3v) is 3.59. The molecule has 1 aromatic heterocycles. The van der Waals surface area contributed by atoms with E-state index in [0.29, 0.717) is 0 Å². The van der Waals surface area contributed by atoms with Gasteiger partial charge >= 0.3 is 0 Å². The molecule has 2 N–H and O–H groups in total. The summed E-state index contributed by atoms with van der Waals surface area (Å²) in [6.45, 7) is 2.25. The maximum absolute atomic E-state index is 11.9. The zero-order chi connectivity index (χ0) is 14.4. The Labute approximate surface area is 126 Å². The summed E-state index contributed by atoms with van der Waals surface area (Å²) >= 11 is 3.40. The van der Waals surface area contributed by atoms with Crippen LogP contribution < -0.4 is 10.6 Å². The van der Waals surface area contributed by atoms with Crippen LogP contribution >= 0.6 is 15.9 Å². The molecule has 1 heterocycles. The molecule has 0 aliphatic carbocycles. The Morgan fingerprint density at radius 3 is 2.80 bits per heavy atom. The number of amides is 1. The lowest BCUT2D eigenvalue weighted by Gasteiger charge is -2.14. The molecule has 20 heavy (non-hydrogen) atoms. The van der Waals surface area contributed by atoms with E-state index in [1.54, 1.807) is 12.4 Å². The lowest BCUT2D eigenvalue weighted by atomic mass is 10.1. The summed E-state index contributed by atoms with van der Waals surface area (Å²) in [4.78, 5) is 16.0. The molecule has 0 aliphatic heterocycles.